The number of hydrogen-bond acceptors (Lipinski definition) is 4. The Balaban J connectivity index is 2.35. The van der Waals surface area contributed by atoms with Crippen LogP contribution in [0.15, 0.2) is 12.5 Å². The van der Waals surface area contributed by atoms with Gasteiger partial charge in [-0.05, 0) is 0 Å². The van der Waals surface area contributed by atoms with Crippen molar-refractivity contribution in [1.29, 1.82) is 0 Å². The first-order valence-electron chi connectivity index (χ1n) is 5.76. The van der Waals surface area contributed by atoms with Gasteiger partial charge in [0.25, 0.3) is 0 Å². The second-order valence-electron chi connectivity index (χ2n) is 3.86. The molecular formula is C10H16N6O4. The van der Waals surface area contributed by atoms with Crippen LogP contribution in [0.25, 0.3) is 0 Å². The molecule has 1 aromatic heterocycles. The number of nitrogens with two attached hydrogens (primary N) is 1. The average Bonchev–Trinajstić information content (AvgIpc) is 2.86. The molecule has 110 valence electrons. The molecule has 20 heavy (non-hydrogen) atoms. The zero-order valence-electron chi connectivity index (χ0n) is 10.5. The molecule has 0 saturated heterocycles. The quantitative estimate of drug-likeness (QED) is 0.331. The minimum absolute atomic E-state index is 0.0856. The topological polar surface area (TPSA) is 162 Å². The molecule has 0 saturated carbocycles. The lowest BCUT2D eigenvalue weighted by atomic mass is 10.2. The molecule has 10 heteroatoms. The fourth-order valence-corrected chi connectivity index (χ4v) is 1.39. The molecule has 0 aliphatic rings. The Labute approximate surface area is 114 Å². The van der Waals surface area contributed by atoms with Crippen LogP contribution in [0.5, 0.6) is 0 Å². The molecule has 1 atom stereocenters. The summed E-state index contributed by atoms with van der Waals surface area (Å²) in [5, 5.41) is 16.0. The predicted molar refractivity (Wildman–Crippen MR) is 67.8 cm³/mol. The van der Waals surface area contributed by atoms with E-state index in [0.717, 1.165) is 0 Å². The van der Waals surface area contributed by atoms with Gasteiger partial charge in [-0.25, -0.2) is 19.4 Å². The third-order valence-electron chi connectivity index (χ3n) is 2.29. The lowest BCUT2D eigenvalue weighted by Gasteiger charge is -2.14. The number of carbonyl (C=O) groups excluding carboxylic acids is 2. The lowest BCUT2D eigenvalue weighted by Crippen LogP contribution is -2.48. The van der Waals surface area contributed by atoms with E-state index in [0.29, 0.717) is 5.69 Å². The van der Waals surface area contributed by atoms with Crippen molar-refractivity contribution in [3.63, 3.8) is 0 Å². The number of hydrogen-bond donors (Lipinski definition) is 6. The molecule has 0 aliphatic carbocycles. The van der Waals surface area contributed by atoms with Crippen LogP contribution >= 0.6 is 0 Å². The number of aromatic nitrogens is 2. The number of amides is 4. The number of primary amides is 1. The van der Waals surface area contributed by atoms with Gasteiger partial charge in [-0.1, -0.05) is 0 Å². The van der Waals surface area contributed by atoms with Crippen molar-refractivity contribution >= 4 is 18.0 Å². The van der Waals surface area contributed by atoms with Gasteiger partial charge in [0.1, 0.15) is 6.04 Å². The molecule has 0 bridgehead atoms. The van der Waals surface area contributed by atoms with Crippen molar-refractivity contribution in [2.45, 2.75) is 12.5 Å². The number of imidazole rings is 1. The average molecular weight is 284 g/mol. The minimum atomic E-state index is -1.16. The lowest BCUT2D eigenvalue weighted by molar-refractivity contribution is -0.139. The molecule has 10 nitrogen and oxygen atoms in total. The largest absolute Gasteiger partial charge is 0.480 e. The number of aliphatic carboxylic acids is 1. The summed E-state index contributed by atoms with van der Waals surface area (Å²) in [5.74, 6) is -1.16. The number of carbonyl (C=O) groups is 3. The number of nitrogens with zero attached hydrogens (tertiary/aromatic N) is 1. The molecular weight excluding hydrogens is 268 g/mol. The van der Waals surface area contributed by atoms with Crippen LogP contribution in [0, 0.1) is 0 Å². The van der Waals surface area contributed by atoms with Gasteiger partial charge in [-0.3, -0.25) is 0 Å². The SMILES string of the molecule is NC(=O)NCCNC(=O)NC(Cc1cnc[nH]1)C(=O)O. The summed E-state index contributed by atoms with van der Waals surface area (Å²) in [5.41, 5.74) is 5.43. The second-order valence-corrected chi connectivity index (χ2v) is 3.86. The van der Waals surface area contributed by atoms with Gasteiger partial charge in [-0.2, -0.15) is 0 Å². The van der Waals surface area contributed by atoms with Crippen LogP contribution in [-0.2, 0) is 11.2 Å². The minimum Gasteiger partial charge on any atom is -0.480 e. The Bertz CT molecular complexity index is 460. The Hall–Kier alpha value is -2.78. The molecule has 1 unspecified atom stereocenters. The number of aromatic amines is 1. The van der Waals surface area contributed by atoms with Gasteiger partial charge in [0.2, 0.25) is 0 Å². The van der Waals surface area contributed by atoms with Gasteiger partial charge in [0.05, 0.1) is 6.33 Å². The van der Waals surface area contributed by atoms with Crippen LogP contribution in [0.4, 0.5) is 9.59 Å². The number of H-pyrrole nitrogens is 1. The maximum Gasteiger partial charge on any atom is 0.326 e. The highest BCUT2D eigenvalue weighted by Crippen LogP contribution is 1.98. The summed E-state index contributed by atoms with van der Waals surface area (Å²) in [6.45, 7) is 0.284. The standard InChI is InChI=1S/C10H16N6O4/c11-9(19)13-1-2-14-10(20)16-7(8(17)18)3-6-4-12-5-15-6/h4-5,7H,1-3H2,(H,12,15)(H,17,18)(H3,11,13,19)(H2,14,16,20). The van der Waals surface area contributed by atoms with Crippen molar-refractivity contribution in [2.24, 2.45) is 5.73 Å². The van der Waals surface area contributed by atoms with E-state index in [1.807, 2.05) is 0 Å². The summed E-state index contributed by atoms with van der Waals surface area (Å²) in [4.78, 5) is 39.4. The number of carboxylic acids is 1. The molecule has 1 rings (SSSR count). The first-order valence-corrected chi connectivity index (χ1v) is 5.76. The van der Waals surface area contributed by atoms with Crippen molar-refractivity contribution in [3.8, 4) is 0 Å². The highest BCUT2D eigenvalue weighted by atomic mass is 16.4. The van der Waals surface area contributed by atoms with Crippen molar-refractivity contribution < 1.29 is 19.5 Å². The fourth-order valence-electron chi connectivity index (χ4n) is 1.39. The number of carboxylic acid groups (broad SMARTS) is 1. The summed E-state index contributed by atoms with van der Waals surface area (Å²) >= 11 is 0. The summed E-state index contributed by atoms with van der Waals surface area (Å²) < 4.78 is 0. The first-order chi connectivity index (χ1) is 9.49. The molecule has 0 fully saturated rings. The molecule has 0 aromatic carbocycles. The zero-order chi connectivity index (χ0) is 15.0. The molecule has 1 heterocycles. The highest BCUT2D eigenvalue weighted by molar-refractivity contribution is 5.82. The Morgan fingerprint density at radius 1 is 1.35 bits per heavy atom. The van der Waals surface area contributed by atoms with Gasteiger partial charge < -0.3 is 31.8 Å². The van der Waals surface area contributed by atoms with Gasteiger partial charge in [-0.15, -0.1) is 0 Å². The predicted octanol–water partition coefficient (Wildman–Crippen LogP) is -1.63. The van der Waals surface area contributed by atoms with Crippen LogP contribution in [0.1, 0.15) is 5.69 Å². The summed E-state index contributed by atoms with van der Waals surface area (Å²) in [6, 6.07) is -2.43. The van der Waals surface area contributed by atoms with E-state index in [4.69, 9.17) is 10.8 Å². The molecule has 0 aliphatic heterocycles. The fraction of sp³-hybridized carbons (Fsp3) is 0.400. The number of urea groups is 2. The van der Waals surface area contributed by atoms with E-state index in [1.54, 1.807) is 0 Å². The van der Waals surface area contributed by atoms with Gasteiger partial charge in [0.15, 0.2) is 0 Å². The Kier molecular flexibility index (Phi) is 5.81. The maximum atomic E-state index is 11.5. The van der Waals surface area contributed by atoms with E-state index in [1.165, 1.54) is 12.5 Å². The van der Waals surface area contributed by atoms with E-state index < -0.39 is 24.1 Å². The van der Waals surface area contributed by atoms with Crippen LogP contribution in [0.2, 0.25) is 0 Å². The smallest absolute Gasteiger partial charge is 0.326 e. The number of rotatable bonds is 7. The van der Waals surface area contributed by atoms with Gasteiger partial charge >= 0.3 is 18.0 Å². The number of nitrogens with one attached hydrogen (secondary N) is 4. The van der Waals surface area contributed by atoms with Crippen LogP contribution < -0.4 is 21.7 Å². The van der Waals surface area contributed by atoms with E-state index >= 15 is 0 Å². The summed E-state index contributed by atoms with van der Waals surface area (Å²) in [7, 11) is 0. The monoisotopic (exact) mass is 284 g/mol. The molecule has 0 radical (unpaired) electrons. The third-order valence-corrected chi connectivity index (χ3v) is 2.29. The molecule has 7 N–H and O–H groups in total. The van der Waals surface area contributed by atoms with Crippen molar-refractivity contribution in [3.05, 3.63) is 18.2 Å². The molecule has 0 spiro atoms. The normalized spacial score (nSPS) is 11.4. The third kappa shape index (κ3) is 5.71. The Morgan fingerprint density at radius 3 is 2.60 bits per heavy atom. The van der Waals surface area contributed by atoms with Crippen molar-refractivity contribution in [2.75, 3.05) is 13.1 Å². The summed E-state index contributed by atoms with van der Waals surface area (Å²) in [6.07, 6.45) is 2.98. The van der Waals surface area contributed by atoms with Crippen LogP contribution in [0.3, 0.4) is 0 Å². The Morgan fingerprint density at radius 2 is 2.05 bits per heavy atom. The highest BCUT2D eigenvalue weighted by Gasteiger charge is 2.20. The zero-order valence-corrected chi connectivity index (χ0v) is 10.5. The second kappa shape index (κ2) is 7.61. The van der Waals surface area contributed by atoms with E-state index in [-0.39, 0.29) is 19.5 Å². The van der Waals surface area contributed by atoms with Crippen LogP contribution in [-0.4, -0.2) is 52.2 Å². The molecule has 1 aromatic rings. The van der Waals surface area contributed by atoms with Gasteiger partial charge in [0, 0.05) is 31.4 Å². The van der Waals surface area contributed by atoms with E-state index in [2.05, 4.69) is 25.9 Å². The maximum absolute atomic E-state index is 11.5. The van der Waals surface area contributed by atoms with E-state index in [9.17, 15) is 14.4 Å². The first kappa shape index (κ1) is 15.3. The van der Waals surface area contributed by atoms with Crippen molar-refractivity contribution in [1.82, 2.24) is 25.9 Å². The molecule has 4 amide bonds.